The monoisotopic (exact) mass is 676 g/mol. The number of amides is 1. The van der Waals surface area contributed by atoms with E-state index in [1.807, 2.05) is 0 Å². The Morgan fingerprint density at radius 1 is 1.09 bits per heavy atom. The molecule has 0 bridgehead atoms. The zero-order valence-corrected chi connectivity index (χ0v) is 25.4. The summed E-state index contributed by atoms with van der Waals surface area (Å²) in [5, 5.41) is -1.74. The lowest BCUT2D eigenvalue weighted by Crippen LogP contribution is -2.54. The van der Waals surface area contributed by atoms with Gasteiger partial charge in [0.2, 0.25) is 15.7 Å². The highest BCUT2D eigenvalue weighted by Gasteiger charge is 2.39. The maximum absolute atomic E-state index is 16.0. The number of carbonyl (C=O) groups is 1. The molecule has 2 saturated heterocycles. The quantitative estimate of drug-likeness (QED) is 0.223. The van der Waals surface area contributed by atoms with Crippen molar-refractivity contribution in [2.24, 2.45) is 0 Å². The molecule has 0 radical (unpaired) electrons. The summed E-state index contributed by atoms with van der Waals surface area (Å²) in [4.78, 5) is 41.5. The number of carbonyl (C=O) groups excluding carboxylic acids is 1. The van der Waals surface area contributed by atoms with Gasteiger partial charge in [0.05, 0.1) is 35.4 Å². The van der Waals surface area contributed by atoms with Gasteiger partial charge >= 0.3 is 11.9 Å². The molecule has 6 rings (SSSR count). The van der Waals surface area contributed by atoms with Gasteiger partial charge in [0.1, 0.15) is 22.6 Å². The van der Waals surface area contributed by atoms with E-state index in [-0.39, 0.29) is 55.6 Å². The van der Waals surface area contributed by atoms with Crippen LogP contribution in [0.25, 0.3) is 28.0 Å². The van der Waals surface area contributed by atoms with Crippen molar-refractivity contribution in [1.82, 2.24) is 24.4 Å². The van der Waals surface area contributed by atoms with Gasteiger partial charge in [-0.05, 0) is 43.3 Å². The minimum atomic E-state index is -5.11. The first-order chi connectivity index (χ1) is 22.2. The highest BCUT2D eigenvalue weighted by Crippen LogP contribution is 2.40. The molecular formula is C30H25F5N6O5S. The minimum Gasteiger partial charge on any atom is -0.379 e. The topological polar surface area (TPSA) is 128 Å². The molecule has 2 aliphatic rings. The molecule has 0 unspecified atom stereocenters. The molecule has 2 aliphatic heterocycles. The number of ether oxygens (including phenoxy) is 1. The van der Waals surface area contributed by atoms with Crippen molar-refractivity contribution in [3.63, 3.8) is 0 Å². The van der Waals surface area contributed by atoms with Gasteiger partial charge in [0, 0.05) is 31.9 Å². The molecule has 1 amide bonds. The van der Waals surface area contributed by atoms with Crippen molar-refractivity contribution in [2.75, 3.05) is 37.7 Å². The van der Waals surface area contributed by atoms with Crippen LogP contribution < -0.4 is 10.6 Å². The molecule has 47 heavy (non-hydrogen) atoms. The van der Waals surface area contributed by atoms with Crippen molar-refractivity contribution in [3.05, 3.63) is 82.9 Å². The Hall–Kier alpha value is -4.77. The first-order valence-electron chi connectivity index (χ1n) is 14.2. The molecule has 0 spiro atoms. The van der Waals surface area contributed by atoms with Crippen LogP contribution in [0.15, 0.2) is 65.1 Å². The number of piperazine rings is 1. The summed E-state index contributed by atoms with van der Waals surface area (Å²) in [6.45, 7) is 5.34. The third kappa shape index (κ3) is 5.52. The fraction of sp³-hybridized carbons (Fsp3) is 0.300. The van der Waals surface area contributed by atoms with E-state index in [4.69, 9.17) is 4.74 Å². The third-order valence-corrected chi connectivity index (χ3v) is 10.1. The first kappa shape index (κ1) is 32.2. The van der Waals surface area contributed by atoms with E-state index in [1.165, 1.54) is 23.2 Å². The zero-order valence-electron chi connectivity index (χ0n) is 24.5. The average molecular weight is 677 g/mol. The SMILES string of the molecule is C=CC(=O)N1CCN(c2nc(=O)n(-c3cccnc3S(=O)(=O)C3COC3)c3nc(-c4c(F)cccc4C(F)(F)F)c(F)cc23)[C@@H](C)C1. The smallest absolute Gasteiger partial charge is 0.379 e. The van der Waals surface area contributed by atoms with Crippen molar-refractivity contribution < 1.29 is 39.9 Å². The second-order valence-electron chi connectivity index (χ2n) is 11.0. The van der Waals surface area contributed by atoms with Crippen LogP contribution in [0.2, 0.25) is 0 Å². The number of benzene rings is 1. The number of rotatable bonds is 6. The largest absolute Gasteiger partial charge is 0.417 e. The Labute approximate surface area is 263 Å². The molecule has 0 N–H and O–H groups in total. The second-order valence-corrected chi connectivity index (χ2v) is 13.1. The number of hydrogen-bond donors (Lipinski definition) is 0. The Kier molecular flexibility index (Phi) is 8.07. The van der Waals surface area contributed by atoms with Gasteiger partial charge in [-0.1, -0.05) is 12.6 Å². The number of pyridine rings is 2. The van der Waals surface area contributed by atoms with Gasteiger partial charge in [-0.2, -0.15) is 18.2 Å². The number of aromatic nitrogens is 4. The molecule has 1 aromatic carbocycles. The molecule has 1 atom stereocenters. The average Bonchev–Trinajstić information content (AvgIpc) is 2.99. The predicted molar refractivity (Wildman–Crippen MR) is 159 cm³/mol. The maximum atomic E-state index is 16.0. The van der Waals surface area contributed by atoms with E-state index in [9.17, 15) is 31.2 Å². The normalized spacial score (nSPS) is 17.5. The highest BCUT2D eigenvalue weighted by molar-refractivity contribution is 7.92. The van der Waals surface area contributed by atoms with Gasteiger partial charge in [-0.15, -0.1) is 0 Å². The molecule has 246 valence electrons. The standard InChI is InChI=1S/C30H25F5N6O5S/c1-3-23(42)39-10-11-40(16(2)13-39)26-18-12-21(32)25(24-19(30(33,34)35)6-4-7-20(24)31)37-27(18)41(29(43)38-26)22-8-5-9-36-28(22)47(44,45)17-14-46-15-17/h3-9,12,16-17H,1,10-11,13-15H2,2H3/t16-/m0/s1. The van der Waals surface area contributed by atoms with Crippen molar-refractivity contribution >= 4 is 32.6 Å². The molecule has 0 saturated carbocycles. The summed E-state index contributed by atoms with van der Waals surface area (Å²) in [5.41, 5.74) is -5.75. The van der Waals surface area contributed by atoms with E-state index < -0.39 is 72.1 Å². The molecule has 4 aromatic rings. The molecule has 2 fully saturated rings. The van der Waals surface area contributed by atoms with Crippen molar-refractivity contribution in [3.8, 4) is 16.9 Å². The fourth-order valence-electron chi connectivity index (χ4n) is 5.64. The highest BCUT2D eigenvalue weighted by atomic mass is 32.2. The van der Waals surface area contributed by atoms with Gasteiger partial charge in [-0.25, -0.2) is 36.5 Å². The van der Waals surface area contributed by atoms with E-state index in [0.29, 0.717) is 16.7 Å². The number of alkyl halides is 3. The summed E-state index contributed by atoms with van der Waals surface area (Å²) >= 11 is 0. The van der Waals surface area contributed by atoms with Crippen molar-refractivity contribution in [2.45, 2.75) is 29.4 Å². The zero-order chi connectivity index (χ0) is 33.8. The van der Waals surface area contributed by atoms with Crippen LogP contribution in [0.5, 0.6) is 0 Å². The Balaban J connectivity index is 1.66. The van der Waals surface area contributed by atoms with E-state index in [0.717, 1.165) is 18.2 Å². The number of hydrogen-bond acceptors (Lipinski definition) is 9. The minimum absolute atomic E-state index is 0.107. The van der Waals surface area contributed by atoms with Crippen LogP contribution in [0.1, 0.15) is 12.5 Å². The number of fused-ring (bicyclic) bond motifs is 1. The fourth-order valence-corrected chi connectivity index (χ4v) is 7.17. The summed E-state index contributed by atoms with van der Waals surface area (Å²) in [6.07, 6.45) is -2.80. The second kappa shape index (κ2) is 11.8. The molecule has 5 heterocycles. The van der Waals surface area contributed by atoms with Gasteiger partial charge in [0.25, 0.3) is 0 Å². The third-order valence-electron chi connectivity index (χ3n) is 8.05. The van der Waals surface area contributed by atoms with Crippen LogP contribution >= 0.6 is 0 Å². The summed E-state index contributed by atoms with van der Waals surface area (Å²) < 4.78 is 106. The Bertz CT molecular complexity index is 2100. The van der Waals surface area contributed by atoms with E-state index in [2.05, 4.69) is 21.5 Å². The maximum Gasteiger partial charge on any atom is 0.417 e. The van der Waals surface area contributed by atoms with Crippen LogP contribution in [0.4, 0.5) is 27.8 Å². The number of anilines is 1. The lowest BCUT2D eigenvalue weighted by Gasteiger charge is -2.40. The van der Waals surface area contributed by atoms with E-state index >= 15 is 8.78 Å². The van der Waals surface area contributed by atoms with Gasteiger partial charge < -0.3 is 14.5 Å². The Morgan fingerprint density at radius 2 is 1.83 bits per heavy atom. The Morgan fingerprint density at radius 3 is 2.47 bits per heavy atom. The number of sulfone groups is 1. The lowest BCUT2D eigenvalue weighted by atomic mass is 10.0. The molecule has 17 heteroatoms. The van der Waals surface area contributed by atoms with Crippen LogP contribution in [-0.2, 0) is 25.5 Å². The molecule has 11 nitrogen and oxygen atoms in total. The number of halogens is 5. The van der Waals surface area contributed by atoms with Crippen LogP contribution in [0.3, 0.4) is 0 Å². The van der Waals surface area contributed by atoms with E-state index in [1.54, 1.807) is 11.8 Å². The van der Waals surface area contributed by atoms with Crippen molar-refractivity contribution in [1.29, 1.82) is 0 Å². The molecular weight excluding hydrogens is 651 g/mol. The predicted octanol–water partition coefficient (Wildman–Crippen LogP) is 3.54. The van der Waals surface area contributed by atoms with Gasteiger partial charge in [-0.3, -0.25) is 4.79 Å². The van der Waals surface area contributed by atoms with Crippen LogP contribution in [0, 0.1) is 11.6 Å². The molecule has 3 aromatic heterocycles. The number of nitrogens with zero attached hydrogens (tertiary/aromatic N) is 6. The first-order valence-corrected chi connectivity index (χ1v) is 15.7. The summed E-state index contributed by atoms with van der Waals surface area (Å²) in [5.74, 6) is -3.25. The molecule has 0 aliphatic carbocycles. The van der Waals surface area contributed by atoms with Crippen LogP contribution in [-0.4, -0.2) is 82.9 Å². The van der Waals surface area contributed by atoms with Gasteiger partial charge in [0.15, 0.2) is 16.5 Å². The summed E-state index contributed by atoms with van der Waals surface area (Å²) in [6, 6.07) is 4.90. The lowest BCUT2D eigenvalue weighted by molar-refractivity contribution is -0.137. The summed E-state index contributed by atoms with van der Waals surface area (Å²) in [7, 11) is -4.22.